The van der Waals surface area contributed by atoms with Gasteiger partial charge in [0.1, 0.15) is 5.78 Å². The second-order valence-corrected chi connectivity index (χ2v) is 5.16. The average molecular weight is 220 g/mol. The van der Waals surface area contributed by atoms with Crippen molar-refractivity contribution in [3.05, 3.63) is 35.9 Å². The number of Topliss-reactive ketones (excluding diaryl/α,β-unsaturated/α-hetero) is 1. The fraction of sp³-hybridized carbons (Fsp3) is 0.462. The number of benzene rings is 1. The second-order valence-electron chi connectivity index (χ2n) is 4.01. The van der Waals surface area contributed by atoms with Crippen LogP contribution in [0.25, 0.3) is 0 Å². The normalized spacial score (nSPS) is 20.4. The van der Waals surface area contributed by atoms with E-state index in [1.165, 1.54) is 11.3 Å². The summed E-state index contributed by atoms with van der Waals surface area (Å²) in [5.74, 6) is 3.03. The third kappa shape index (κ3) is 3.10. The summed E-state index contributed by atoms with van der Waals surface area (Å²) in [6, 6.07) is 10.3. The van der Waals surface area contributed by atoms with E-state index in [9.17, 15) is 4.79 Å². The molecule has 2 heteroatoms. The molecule has 80 valence electrons. The first-order valence-electron chi connectivity index (χ1n) is 5.50. The van der Waals surface area contributed by atoms with Crippen LogP contribution in [0.2, 0.25) is 0 Å². The minimum Gasteiger partial charge on any atom is -0.299 e. The van der Waals surface area contributed by atoms with E-state index in [0.29, 0.717) is 11.7 Å². The Morgan fingerprint density at radius 1 is 1.33 bits per heavy atom. The first-order valence-corrected chi connectivity index (χ1v) is 6.66. The summed E-state index contributed by atoms with van der Waals surface area (Å²) in [5.41, 5.74) is 1.27. The molecule has 15 heavy (non-hydrogen) atoms. The largest absolute Gasteiger partial charge is 0.299 e. The fourth-order valence-corrected chi connectivity index (χ4v) is 3.16. The molecule has 1 atom stereocenters. The van der Waals surface area contributed by atoms with E-state index in [0.717, 1.165) is 25.0 Å². The highest BCUT2D eigenvalue weighted by molar-refractivity contribution is 7.99. The van der Waals surface area contributed by atoms with Crippen molar-refractivity contribution < 1.29 is 4.79 Å². The van der Waals surface area contributed by atoms with Crippen molar-refractivity contribution in [2.24, 2.45) is 5.92 Å². The summed E-state index contributed by atoms with van der Waals surface area (Å²) in [6.07, 6.45) is 2.72. The van der Waals surface area contributed by atoms with Crippen LogP contribution in [0.4, 0.5) is 0 Å². The van der Waals surface area contributed by atoms with E-state index < -0.39 is 0 Å². The number of hydrogen-bond donors (Lipinski definition) is 0. The molecule has 0 aliphatic carbocycles. The van der Waals surface area contributed by atoms with Gasteiger partial charge in [-0.2, -0.15) is 11.8 Å². The summed E-state index contributed by atoms with van der Waals surface area (Å²) in [6.45, 7) is 0. The minimum atomic E-state index is 0.346. The van der Waals surface area contributed by atoms with Gasteiger partial charge in [-0.3, -0.25) is 4.79 Å². The zero-order valence-corrected chi connectivity index (χ0v) is 9.63. The van der Waals surface area contributed by atoms with Crippen LogP contribution in [0.15, 0.2) is 30.3 Å². The SMILES string of the molecule is O=C(CCc1ccccc1)C1CCSC1. The Morgan fingerprint density at radius 3 is 2.80 bits per heavy atom. The van der Waals surface area contributed by atoms with Gasteiger partial charge in [0.2, 0.25) is 0 Å². The molecule has 1 aliphatic rings. The van der Waals surface area contributed by atoms with E-state index in [-0.39, 0.29) is 0 Å². The Hall–Kier alpha value is -0.760. The van der Waals surface area contributed by atoms with Crippen LogP contribution in [0.5, 0.6) is 0 Å². The first kappa shape index (κ1) is 10.7. The molecule has 1 aliphatic heterocycles. The maximum absolute atomic E-state index is 11.8. The van der Waals surface area contributed by atoms with Gasteiger partial charge in [-0.1, -0.05) is 30.3 Å². The molecule has 1 saturated heterocycles. The topological polar surface area (TPSA) is 17.1 Å². The predicted molar refractivity (Wildman–Crippen MR) is 65.2 cm³/mol. The van der Waals surface area contributed by atoms with Crippen molar-refractivity contribution in [1.82, 2.24) is 0 Å². The Bertz CT molecular complexity index is 315. The molecule has 0 saturated carbocycles. The minimum absolute atomic E-state index is 0.346. The summed E-state index contributed by atoms with van der Waals surface area (Å²) in [4.78, 5) is 11.8. The molecule has 0 bridgehead atoms. The quantitative estimate of drug-likeness (QED) is 0.776. The van der Waals surface area contributed by atoms with Crippen LogP contribution in [-0.4, -0.2) is 17.3 Å². The number of thioether (sulfide) groups is 1. The molecule has 1 unspecified atom stereocenters. The molecule has 0 amide bonds. The van der Waals surface area contributed by atoms with Gasteiger partial charge < -0.3 is 0 Å². The van der Waals surface area contributed by atoms with Gasteiger partial charge in [0, 0.05) is 18.1 Å². The molecule has 1 aromatic carbocycles. The molecule has 1 nitrogen and oxygen atoms in total. The third-order valence-electron chi connectivity index (χ3n) is 2.89. The predicted octanol–water partition coefficient (Wildman–Crippen LogP) is 2.94. The highest BCUT2D eigenvalue weighted by Crippen LogP contribution is 2.25. The van der Waals surface area contributed by atoms with Crippen molar-refractivity contribution in [3.8, 4) is 0 Å². The van der Waals surface area contributed by atoms with E-state index in [1.807, 2.05) is 30.0 Å². The van der Waals surface area contributed by atoms with Gasteiger partial charge in [-0.25, -0.2) is 0 Å². The monoisotopic (exact) mass is 220 g/mol. The number of aryl methyl sites for hydroxylation is 1. The Labute approximate surface area is 95.3 Å². The fourth-order valence-electron chi connectivity index (χ4n) is 1.90. The zero-order valence-electron chi connectivity index (χ0n) is 8.82. The van der Waals surface area contributed by atoms with Gasteiger partial charge in [0.15, 0.2) is 0 Å². The van der Waals surface area contributed by atoms with Crippen LogP contribution < -0.4 is 0 Å². The van der Waals surface area contributed by atoms with Gasteiger partial charge >= 0.3 is 0 Å². The van der Waals surface area contributed by atoms with Gasteiger partial charge in [0.25, 0.3) is 0 Å². The maximum atomic E-state index is 11.8. The molecular formula is C13H16OS. The number of hydrogen-bond acceptors (Lipinski definition) is 2. The zero-order chi connectivity index (χ0) is 10.5. The molecule has 1 aromatic rings. The van der Waals surface area contributed by atoms with E-state index >= 15 is 0 Å². The highest BCUT2D eigenvalue weighted by atomic mass is 32.2. The van der Waals surface area contributed by atoms with Crippen molar-refractivity contribution >= 4 is 17.5 Å². The van der Waals surface area contributed by atoms with Gasteiger partial charge in [-0.05, 0) is 24.2 Å². The van der Waals surface area contributed by atoms with Crippen LogP contribution >= 0.6 is 11.8 Å². The third-order valence-corrected chi connectivity index (χ3v) is 4.05. The number of rotatable bonds is 4. The van der Waals surface area contributed by atoms with Gasteiger partial charge in [0.05, 0.1) is 0 Å². The standard InChI is InChI=1S/C13H16OS/c14-13(12-8-9-15-10-12)7-6-11-4-2-1-3-5-11/h1-5,12H,6-10H2. The van der Waals surface area contributed by atoms with E-state index in [4.69, 9.17) is 0 Å². The van der Waals surface area contributed by atoms with Crippen LogP contribution in [0, 0.1) is 5.92 Å². The Kier molecular flexibility index (Phi) is 3.84. The smallest absolute Gasteiger partial charge is 0.137 e. The summed E-state index contributed by atoms with van der Waals surface area (Å²) in [7, 11) is 0. The molecule has 0 spiro atoms. The lowest BCUT2D eigenvalue weighted by Crippen LogP contribution is -2.14. The summed E-state index contributed by atoms with van der Waals surface area (Å²) in [5, 5.41) is 0. The Balaban J connectivity index is 1.80. The summed E-state index contributed by atoms with van der Waals surface area (Å²) >= 11 is 1.91. The lowest BCUT2D eigenvalue weighted by atomic mass is 9.98. The summed E-state index contributed by atoms with van der Waals surface area (Å²) < 4.78 is 0. The molecular weight excluding hydrogens is 204 g/mol. The lowest BCUT2D eigenvalue weighted by Gasteiger charge is -2.06. The maximum Gasteiger partial charge on any atom is 0.137 e. The van der Waals surface area contributed by atoms with Crippen LogP contribution in [0.1, 0.15) is 18.4 Å². The van der Waals surface area contributed by atoms with Crippen molar-refractivity contribution in [2.45, 2.75) is 19.3 Å². The average Bonchev–Trinajstić information content (AvgIpc) is 2.81. The van der Waals surface area contributed by atoms with Crippen molar-refractivity contribution in [1.29, 1.82) is 0 Å². The second kappa shape index (κ2) is 5.36. The molecule has 0 aromatic heterocycles. The Morgan fingerprint density at radius 2 is 2.13 bits per heavy atom. The van der Waals surface area contributed by atoms with E-state index in [2.05, 4.69) is 12.1 Å². The van der Waals surface area contributed by atoms with E-state index in [1.54, 1.807) is 0 Å². The van der Waals surface area contributed by atoms with Crippen molar-refractivity contribution in [2.75, 3.05) is 11.5 Å². The number of carbonyl (C=O) groups excluding carboxylic acids is 1. The molecule has 2 rings (SSSR count). The first-order chi connectivity index (χ1) is 7.36. The van der Waals surface area contributed by atoms with Crippen molar-refractivity contribution in [3.63, 3.8) is 0 Å². The molecule has 1 fully saturated rings. The van der Waals surface area contributed by atoms with Crippen LogP contribution in [-0.2, 0) is 11.2 Å². The lowest BCUT2D eigenvalue weighted by molar-refractivity contribution is -0.122. The number of ketones is 1. The highest BCUT2D eigenvalue weighted by Gasteiger charge is 2.22. The molecule has 0 radical (unpaired) electrons. The van der Waals surface area contributed by atoms with Crippen LogP contribution in [0.3, 0.4) is 0 Å². The number of carbonyl (C=O) groups is 1. The van der Waals surface area contributed by atoms with Gasteiger partial charge in [-0.15, -0.1) is 0 Å². The molecule has 1 heterocycles. The molecule has 0 N–H and O–H groups in total.